The van der Waals surface area contributed by atoms with Gasteiger partial charge in [-0.25, -0.2) is 4.79 Å². The highest BCUT2D eigenvalue weighted by atomic mass is 19.3. The zero-order chi connectivity index (χ0) is 33.1. The van der Waals surface area contributed by atoms with Crippen LogP contribution >= 0.6 is 0 Å². The summed E-state index contributed by atoms with van der Waals surface area (Å²) in [6.07, 6.45) is 4.70. The van der Waals surface area contributed by atoms with Gasteiger partial charge in [0.25, 0.3) is 11.0 Å². The number of hydrogen-bond acceptors (Lipinski definition) is 11. The third-order valence-electron chi connectivity index (χ3n) is 6.72. The fraction of sp³-hybridized carbons (Fsp3) is 0.600. The minimum Gasteiger partial charge on any atom is -0.487 e. The van der Waals surface area contributed by atoms with Crippen LogP contribution < -0.4 is 10.1 Å². The molecule has 15 heteroatoms. The Morgan fingerprint density at radius 2 is 1.84 bits per heavy atom. The van der Waals surface area contributed by atoms with E-state index in [4.69, 9.17) is 18.9 Å². The molecule has 5 atom stereocenters. The Balaban J connectivity index is 1.61. The van der Waals surface area contributed by atoms with Crippen LogP contribution in [0.2, 0.25) is 0 Å². The number of aliphatic hydroxyl groups excluding tert-OH is 2. The Hall–Kier alpha value is -3.82. The number of halogens is 2. The second-order valence-corrected chi connectivity index (χ2v) is 10.5. The van der Waals surface area contributed by atoms with Gasteiger partial charge in [0.15, 0.2) is 6.61 Å². The maximum absolute atomic E-state index is 14.4. The van der Waals surface area contributed by atoms with Crippen molar-refractivity contribution in [2.24, 2.45) is 11.8 Å². The van der Waals surface area contributed by atoms with Gasteiger partial charge in [0.2, 0.25) is 0 Å². The number of nitrogens with zero attached hydrogens (tertiary/aromatic N) is 1. The van der Waals surface area contributed by atoms with Crippen LogP contribution in [0.25, 0.3) is 0 Å². The summed E-state index contributed by atoms with van der Waals surface area (Å²) >= 11 is 0. The van der Waals surface area contributed by atoms with Crippen molar-refractivity contribution in [2.75, 3.05) is 39.6 Å². The number of alkyl halides is 2. The van der Waals surface area contributed by atoms with Crippen molar-refractivity contribution in [3.63, 3.8) is 0 Å². The lowest BCUT2D eigenvalue weighted by Gasteiger charge is -2.20. The number of carbonyl (C=O) groups excluding carboxylic acids is 2. The predicted molar refractivity (Wildman–Crippen MR) is 156 cm³/mol. The van der Waals surface area contributed by atoms with Crippen LogP contribution in [0.15, 0.2) is 54.6 Å². The van der Waals surface area contributed by atoms with Crippen molar-refractivity contribution in [3.8, 4) is 5.75 Å². The van der Waals surface area contributed by atoms with Crippen LogP contribution in [0.3, 0.4) is 0 Å². The number of hydrogen-bond donors (Lipinski definition) is 3. The van der Waals surface area contributed by atoms with Gasteiger partial charge in [0.1, 0.15) is 25.6 Å². The van der Waals surface area contributed by atoms with Crippen molar-refractivity contribution < 1.29 is 57.5 Å². The number of allylic oxidation sites excluding steroid dienone is 2. The molecule has 1 aliphatic carbocycles. The van der Waals surface area contributed by atoms with Crippen LogP contribution in [0, 0.1) is 22.0 Å². The van der Waals surface area contributed by atoms with E-state index in [-0.39, 0.29) is 45.9 Å². The predicted octanol–water partition coefficient (Wildman–Crippen LogP) is 3.61. The molecule has 0 bridgehead atoms. The van der Waals surface area contributed by atoms with Gasteiger partial charge in [0, 0.05) is 18.8 Å². The zero-order valence-electron chi connectivity index (χ0n) is 25.1. The van der Waals surface area contributed by atoms with Crippen LogP contribution in [-0.4, -0.2) is 91.2 Å². The lowest BCUT2D eigenvalue weighted by atomic mass is 9.89. The zero-order valence-corrected chi connectivity index (χ0v) is 25.1. The number of rotatable bonds is 21. The quantitative estimate of drug-likeness (QED) is 0.0586. The Morgan fingerprint density at radius 1 is 1.11 bits per heavy atom. The fourth-order valence-electron chi connectivity index (χ4n) is 4.48. The van der Waals surface area contributed by atoms with Gasteiger partial charge >= 0.3 is 12.1 Å². The molecule has 1 unspecified atom stereocenters. The summed E-state index contributed by atoms with van der Waals surface area (Å²) < 4.78 is 48.9. The molecule has 13 nitrogen and oxygen atoms in total. The van der Waals surface area contributed by atoms with E-state index in [1.54, 1.807) is 43.3 Å². The van der Waals surface area contributed by atoms with E-state index < -0.39 is 59.8 Å². The van der Waals surface area contributed by atoms with E-state index in [2.05, 4.69) is 10.2 Å². The molecule has 2 rings (SSSR count). The molecule has 1 aromatic carbocycles. The topological polar surface area (TPSA) is 176 Å². The summed E-state index contributed by atoms with van der Waals surface area (Å²) in [5.41, 5.74) is 0. The van der Waals surface area contributed by atoms with Gasteiger partial charge in [-0.3, -0.25) is 4.79 Å². The summed E-state index contributed by atoms with van der Waals surface area (Å²) in [5, 5.41) is 32.3. The van der Waals surface area contributed by atoms with E-state index in [0.29, 0.717) is 25.0 Å². The first-order valence-corrected chi connectivity index (χ1v) is 14.7. The minimum atomic E-state index is -3.26. The summed E-state index contributed by atoms with van der Waals surface area (Å²) in [4.78, 5) is 37.8. The fourth-order valence-corrected chi connectivity index (χ4v) is 4.48. The molecule has 0 spiro atoms. The molecule has 0 aliphatic heterocycles. The lowest BCUT2D eigenvalue weighted by molar-refractivity contribution is -0.758. The van der Waals surface area contributed by atoms with Gasteiger partial charge in [-0.1, -0.05) is 36.4 Å². The highest BCUT2D eigenvalue weighted by molar-refractivity contribution is 5.69. The monoisotopic (exact) mass is 644 g/mol. The molecule has 1 amide bonds. The molecule has 1 fully saturated rings. The van der Waals surface area contributed by atoms with Gasteiger partial charge < -0.3 is 39.3 Å². The van der Waals surface area contributed by atoms with Crippen molar-refractivity contribution in [1.82, 2.24) is 5.32 Å². The third-order valence-corrected chi connectivity index (χ3v) is 6.72. The molecule has 252 valence electrons. The number of nitrogens with one attached hydrogen (secondary N) is 1. The number of esters is 1. The van der Waals surface area contributed by atoms with Crippen LogP contribution in [0.1, 0.15) is 39.0 Å². The molecule has 0 aromatic heterocycles. The van der Waals surface area contributed by atoms with Crippen LogP contribution in [0.4, 0.5) is 13.6 Å². The highest BCUT2D eigenvalue weighted by Gasteiger charge is 2.40. The van der Waals surface area contributed by atoms with E-state index >= 15 is 0 Å². The summed E-state index contributed by atoms with van der Waals surface area (Å²) in [6, 6.07) is 7.76. The van der Waals surface area contributed by atoms with E-state index in [1.807, 2.05) is 6.08 Å². The molecular formula is C30H42F2N2O11. The van der Waals surface area contributed by atoms with Gasteiger partial charge in [-0.15, -0.1) is 10.1 Å². The normalized spacial score (nSPS) is 20.6. The molecule has 3 N–H and O–H groups in total. The molecule has 0 radical (unpaired) electrons. The summed E-state index contributed by atoms with van der Waals surface area (Å²) in [6.45, 7) is 0.394. The van der Waals surface area contributed by atoms with E-state index in [9.17, 15) is 38.7 Å². The average Bonchev–Trinajstić information content (AvgIpc) is 3.26. The smallest absolute Gasteiger partial charge is 0.407 e. The van der Waals surface area contributed by atoms with Crippen LogP contribution in [0.5, 0.6) is 5.75 Å². The number of ether oxygens (including phenoxy) is 4. The van der Waals surface area contributed by atoms with Crippen molar-refractivity contribution in [3.05, 3.63) is 64.8 Å². The number of benzene rings is 1. The Labute approximate surface area is 260 Å². The Morgan fingerprint density at radius 3 is 2.58 bits per heavy atom. The second-order valence-electron chi connectivity index (χ2n) is 10.5. The van der Waals surface area contributed by atoms with E-state index in [0.717, 1.165) is 6.08 Å². The molecule has 1 saturated carbocycles. The largest absolute Gasteiger partial charge is 0.487 e. The maximum atomic E-state index is 14.4. The Kier molecular flexibility index (Phi) is 16.8. The number of amides is 1. The van der Waals surface area contributed by atoms with Gasteiger partial charge in [0.05, 0.1) is 31.5 Å². The first-order chi connectivity index (χ1) is 21.5. The van der Waals surface area contributed by atoms with E-state index in [1.165, 1.54) is 6.08 Å². The minimum absolute atomic E-state index is 0.0253. The third kappa shape index (κ3) is 16.2. The molecule has 45 heavy (non-hydrogen) atoms. The van der Waals surface area contributed by atoms with Crippen molar-refractivity contribution in [1.29, 1.82) is 0 Å². The van der Waals surface area contributed by atoms with Gasteiger partial charge in [-0.2, -0.15) is 8.78 Å². The number of unbranched alkanes of at least 4 members (excludes halogenated alkanes) is 1. The second kappa shape index (κ2) is 20.3. The summed E-state index contributed by atoms with van der Waals surface area (Å²) in [7, 11) is 0. The first kappa shape index (κ1) is 37.4. The first-order valence-electron chi connectivity index (χ1n) is 14.7. The molecule has 0 heterocycles. The Bertz CT molecular complexity index is 1090. The number of carbonyl (C=O) groups is 2. The SMILES string of the molecule is CC(COC(=O)CCCC=CC[C@@H]1[C@@H](C=CC(F)(F)COc2ccccc2)[C@H](O)C[C@@H]1O)NC(=O)OCCOCCO[N+](=O)[O-]. The number of para-hydroxylation sites is 1. The average molecular weight is 645 g/mol. The van der Waals surface area contributed by atoms with Crippen molar-refractivity contribution in [2.45, 2.75) is 63.2 Å². The molecule has 1 aliphatic rings. The van der Waals surface area contributed by atoms with Gasteiger partial charge in [-0.05, 0) is 50.3 Å². The highest BCUT2D eigenvalue weighted by Crippen LogP contribution is 2.37. The summed E-state index contributed by atoms with van der Waals surface area (Å²) in [5.74, 6) is -4.47. The molecular weight excluding hydrogens is 602 g/mol. The standard InChI is InChI=1S/C30H42F2N2O11/c1-22(33-29(38)42-17-15-41-16-18-45-34(39)40)20-43-28(37)12-8-3-2-7-11-24-25(27(36)19-26(24)35)13-14-30(31,32)21-44-23-9-5-4-6-10-23/h2,4-7,9-10,13-14,22,24-27,35-36H,3,8,11-12,15-21H2,1H3,(H,33,38)/t22?,24-,25-,26+,27-/m1/s1. The molecule has 0 saturated heterocycles. The van der Waals surface area contributed by atoms with Crippen LogP contribution in [-0.2, 0) is 23.8 Å². The van der Waals surface area contributed by atoms with Crippen molar-refractivity contribution >= 4 is 12.1 Å². The lowest BCUT2D eigenvalue weighted by Crippen LogP contribution is -2.37. The number of aliphatic hydroxyl groups is 2. The maximum Gasteiger partial charge on any atom is 0.407 e. The molecule has 1 aromatic rings. The number of alkyl carbamates (subject to hydrolysis) is 1.